The Bertz CT molecular complexity index is 230. The van der Waals surface area contributed by atoms with E-state index in [0.717, 1.165) is 0 Å². The summed E-state index contributed by atoms with van der Waals surface area (Å²) in [5.41, 5.74) is 0. The molecule has 18 radical (unpaired) electrons. The molecular weight excluding hydrogens is 198 g/mol. The number of hydrogen-bond acceptors (Lipinski definition) is 1. The molecule has 0 aromatic heterocycles. The van der Waals surface area contributed by atoms with E-state index in [1.54, 1.807) is 0 Å². The minimum atomic E-state index is -0.825. The first-order chi connectivity index (χ1) is 8.18. The topological polar surface area (TPSA) is 12.4 Å². The average molecular weight is 198 g/mol. The van der Waals surface area contributed by atoms with Gasteiger partial charge in [0.15, 0.2) is 0 Å². The molecule has 0 aliphatic heterocycles. The zero-order valence-corrected chi connectivity index (χ0v) is 10.3. The fourth-order valence-electron chi connectivity index (χ4n) is 1.34. The predicted octanol–water partition coefficient (Wildman–Crippen LogP) is -6.29. The normalized spacial score (nSPS) is 9.33. The fourth-order valence-corrected chi connectivity index (χ4v) is 1.34. The third-order valence-electron chi connectivity index (χ3n) is 2.55. The van der Waals surface area contributed by atoms with Gasteiger partial charge in [0.2, 0.25) is 0 Å². The van der Waals surface area contributed by atoms with Gasteiger partial charge in [-0.15, -0.1) is 0 Å². The van der Waals surface area contributed by atoms with Gasteiger partial charge in [0.1, 0.15) is 0 Å². The molecule has 0 heterocycles. The second kappa shape index (κ2) is 8.95. The Kier molecular flexibility index (Phi) is 9.40. The quantitative estimate of drug-likeness (QED) is 0.361. The Morgan fingerprint density at radius 1 is 0.611 bits per heavy atom. The Labute approximate surface area is 126 Å². The molecule has 1 nitrogen and oxygen atoms in total. The summed E-state index contributed by atoms with van der Waals surface area (Å²) >= 11 is 0. The van der Waals surface area contributed by atoms with Gasteiger partial charge in [-0.05, 0) is 0 Å². The second-order valence-electron chi connectivity index (χ2n) is 4.25. The predicted molar refractivity (Wildman–Crippen MR) is 100 cm³/mol. The zero-order chi connectivity index (χ0) is 14.5. The molecule has 0 bridgehead atoms. The fraction of sp³-hybridized carbons (Fsp3) is 0. The van der Waals surface area contributed by atoms with E-state index in [4.69, 9.17) is 69.6 Å². The van der Waals surface area contributed by atoms with Crippen molar-refractivity contribution in [2.75, 3.05) is 0 Å². The summed E-state index contributed by atoms with van der Waals surface area (Å²) in [4.78, 5) is 4.11. The van der Waals surface area contributed by atoms with E-state index in [0.29, 0.717) is 0 Å². The van der Waals surface area contributed by atoms with Crippen LogP contribution in [0.4, 0.5) is 0 Å². The van der Waals surface area contributed by atoms with Gasteiger partial charge in [0, 0.05) is 0 Å². The molecule has 0 aliphatic rings. The van der Waals surface area contributed by atoms with Crippen molar-refractivity contribution in [3.8, 4) is 0 Å². The van der Waals surface area contributed by atoms with E-state index in [2.05, 4.69) is 4.81 Å². The third-order valence-corrected chi connectivity index (χ3v) is 2.55. The average Bonchev–Trinajstić information content (AvgIpc) is 2.21. The first kappa shape index (κ1) is 18.9. The van der Waals surface area contributed by atoms with Crippen molar-refractivity contribution in [1.82, 2.24) is 0 Å². The summed E-state index contributed by atoms with van der Waals surface area (Å²) in [5.74, 6) is 0. The molecule has 18 heteroatoms. The third kappa shape index (κ3) is 6.37. The number of nitrogens with zero attached hydrogens (tertiary/aromatic N) is 1. The summed E-state index contributed by atoms with van der Waals surface area (Å²) in [6, 6.07) is 0. The maximum atomic E-state index is 5.75. The molecule has 0 fully saturated rings. The molecule has 0 aromatic rings. The van der Waals surface area contributed by atoms with Gasteiger partial charge in [-0.3, -0.25) is 0 Å². The molecule has 0 N–H and O–H groups in total. The van der Waals surface area contributed by atoms with Crippen LogP contribution in [0.3, 0.4) is 0 Å². The van der Waals surface area contributed by atoms with E-state index in [1.165, 1.54) is 6.96 Å². The first-order valence-electron chi connectivity index (χ1n) is 5.52. The van der Waals surface area contributed by atoms with Crippen molar-refractivity contribution in [2.24, 2.45) is 4.81 Å². The summed E-state index contributed by atoms with van der Waals surface area (Å²) in [6.45, 7) is 0.722. The molecule has 0 saturated carbocycles. The summed E-state index contributed by atoms with van der Waals surface area (Å²) in [5, 5.41) is 0. The van der Waals surface area contributed by atoms with E-state index < -0.39 is 44.9 Å². The number of rotatable bonds is 7. The molecule has 0 aliphatic carbocycles. The van der Waals surface area contributed by atoms with Crippen LogP contribution in [0.5, 0.6) is 0 Å². The van der Waals surface area contributed by atoms with E-state index in [9.17, 15) is 0 Å². The van der Waals surface area contributed by atoms with Crippen LogP contribution in [0.2, 0.25) is 0 Å². The number of hydrogen-bond donors (Lipinski definition) is 0. The zero-order valence-electron chi connectivity index (χ0n) is 10.3. The second-order valence-corrected chi connectivity index (χ2v) is 4.25. The van der Waals surface area contributed by atoms with Crippen molar-refractivity contribution in [1.29, 1.82) is 0 Å². The van der Waals surface area contributed by atoms with Crippen molar-refractivity contribution in [2.45, 2.75) is 0 Å². The van der Waals surface area contributed by atoms with E-state index in [-0.39, 0.29) is 0 Å². The van der Waals surface area contributed by atoms with E-state index >= 15 is 0 Å². The van der Waals surface area contributed by atoms with Gasteiger partial charge < -0.3 is 0 Å². The van der Waals surface area contributed by atoms with Gasteiger partial charge in [0.05, 0.1) is 0 Å². The maximum absolute atomic E-state index is 5.75. The minimum absolute atomic E-state index is 0.535. The monoisotopic (exact) mass is 201 g/mol. The molecule has 18 heavy (non-hydrogen) atoms. The standard InChI is InChI=1S/B17N/c1-11(2)15(9)17(14(7)8)18-10-16(12(3)4)13(5)6. The van der Waals surface area contributed by atoms with Gasteiger partial charge in [-0.25, -0.2) is 0 Å². The molecule has 0 rings (SSSR count). The Morgan fingerprint density at radius 3 is 1.33 bits per heavy atom. The molecule has 0 aromatic carbocycles. The van der Waals surface area contributed by atoms with Crippen LogP contribution >= 0.6 is 0 Å². The van der Waals surface area contributed by atoms with Crippen LogP contribution in [0.1, 0.15) is 0 Å². The van der Waals surface area contributed by atoms with Gasteiger partial charge in [-0.2, -0.15) is 0 Å². The van der Waals surface area contributed by atoms with Gasteiger partial charge in [-0.1, -0.05) is 0 Å². The molecule has 0 amide bonds. The van der Waals surface area contributed by atoms with Crippen LogP contribution in [-0.2, 0) is 0 Å². The van der Waals surface area contributed by atoms with Crippen LogP contribution in [0.25, 0.3) is 0 Å². The Morgan fingerprint density at radius 2 is 1.06 bits per heavy atom. The molecule has 56 valence electrons. The van der Waals surface area contributed by atoms with Crippen molar-refractivity contribution in [3.63, 3.8) is 0 Å². The Hall–Kier alpha value is 0.904. The first-order valence-corrected chi connectivity index (χ1v) is 5.52. The Balaban J connectivity index is 4.86. The summed E-state index contributed by atoms with van der Waals surface area (Å²) < 4.78 is 0. The summed E-state index contributed by atoms with van der Waals surface area (Å²) in [6.07, 6.45) is -4.39. The van der Waals surface area contributed by atoms with Crippen LogP contribution in [0.15, 0.2) is 4.81 Å². The van der Waals surface area contributed by atoms with Crippen LogP contribution in [-0.4, -0.2) is 122 Å². The van der Waals surface area contributed by atoms with Crippen molar-refractivity contribution < 1.29 is 0 Å². The molecule has 0 spiro atoms. The van der Waals surface area contributed by atoms with Crippen LogP contribution < -0.4 is 0 Å². The molecule has 0 unspecified atom stereocenters. The molecular formula is B17N. The van der Waals surface area contributed by atoms with Gasteiger partial charge in [0.25, 0.3) is 0 Å². The summed E-state index contributed by atoms with van der Waals surface area (Å²) in [7, 11) is 49.9. The molecule has 0 atom stereocenters. The van der Waals surface area contributed by atoms with Gasteiger partial charge >= 0.3 is 126 Å². The van der Waals surface area contributed by atoms with E-state index in [1.807, 2.05) is 0 Å². The van der Waals surface area contributed by atoms with Crippen molar-refractivity contribution in [3.05, 3.63) is 0 Å². The van der Waals surface area contributed by atoms with Crippen LogP contribution in [0, 0.1) is 0 Å². The van der Waals surface area contributed by atoms with Crippen molar-refractivity contribution >= 4 is 122 Å². The SMILES string of the molecule is [B]B([B])B([B])B(N=BB(B([B])[B])B([B])[B])B([B])[B]. The molecule has 0 saturated heterocycles.